The average Bonchev–Trinajstić information content (AvgIpc) is 3.05. The Bertz CT molecular complexity index is 1730. The van der Waals surface area contributed by atoms with Gasteiger partial charge in [0.05, 0.1) is 24.8 Å². The normalized spacial score (nSPS) is 11.8. The van der Waals surface area contributed by atoms with Crippen LogP contribution in [0.4, 0.5) is 5.69 Å². The maximum absolute atomic E-state index is 14.5. The molecule has 0 aliphatic heterocycles. The standard InChI is InChI=1S/C35H39N3O6S/c1-25-14-17-30(18-15-25)45(41,42)38(29-16-19-32(43-4)33(22-29)44-5)24-34(39)37(23-28-13-9-10-26(2)20-28)31(35(40)36-3)21-27-11-7-6-8-12-27/h6-20,22,31H,21,23-24H2,1-5H3,(H,36,40). The van der Waals surface area contributed by atoms with Gasteiger partial charge in [-0.15, -0.1) is 0 Å². The van der Waals surface area contributed by atoms with Gasteiger partial charge in [0.25, 0.3) is 10.0 Å². The molecule has 0 heterocycles. The summed E-state index contributed by atoms with van der Waals surface area (Å²) in [6, 6.07) is 27.2. The van der Waals surface area contributed by atoms with E-state index >= 15 is 0 Å². The van der Waals surface area contributed by atoms with E-state index in [-0.39, 0.29) is 29.5 Å². The minimum absolute atomic E-state index is 0.0213. The first-order valence-corrected chi connectivity index (χ1v) is 15.9. The molecule has 10 heteroatoms. The Kier molecular flexibility index (Phi) is 10.9. The molecule has 1 N–H and O–H groups in total. The van der Waals surface area contributed by atoms with Gasteiger partial charge in [0.1, 0.15) is 12.6 Å². The second-order valence-corrected chi connectivity index (χ2v) is 12.6. The van der Waals surface area contributed by atoms with E-state index in [9.17, 15) is 18.0 Å². The van der Waals surface area contributed by atoms with Crippen LogP contribution in [-0.2, 0) is 32.6 Å². The quantitative estimate of drug-likeness (QED) is 0.226. The van der Waals surface area contributed by atoms with Gasteiger partial charge in [-0.3, -0.25) is 13.9 Å². The minimum atomic E-state index is -4.25. The van der Waals surface area contributed by atoms with Crippen molar-refractivity contribution in [1.29, 1.82) is 0 Å². The molecule has 45 heavy (non-hydrogen) atoms. The number of anilines is 1. The third-order valence-corrected chi connectivity index (χ3v) is 9.28. The molecule has 0 saturated carbocycles. The van der Waals surface area contributed by atoms with Crippen LogP contribution >= 0.6 is 0 Å². The van der Waals surface area contributed by atoms with Gasteiger partial charge in [-0.2, -0.15) is 0 Å². The number of likely N-dealkylation sites (N-methyl/N-ethyl adjacent to an activating group) is 1. The number of carbonyl (C=O) groups excluding carboxylic acids is 2. The largest absolute Gasteiger partial charge is 0.493 e. The van der Waals surface area contributed by atoms with Crippen LogP contribution in [0.5, 0.6) is 11.5 Å². The van der Waals surface area contributed by atoms with Gasteiger partial charge >= 0.3 is 0 Å². The number of aryl methyl sites for hydroxylation is 2. The van der Waals surface area contributed by atoms with Gasteiger partial charge in [-0.1, -0.05) is 77.9 Å². The number of hydrogen-bond donors (Lipinski definition) is 1. The molecule has 0 aliphatic carbocycles. The Morgan fingerprint density at radius 2 is 1.44 bits per heavy atom. The Balaban J connectivity index is 1.83. The number of nitrogens with zero attached hydrogens (tertiary/aromatic N) is 2. The second-order valence-electron chi connectivity index (χ2n) is 10.7. The molecule has 0 saturated heterocycles. The Morgan fingerprint density at radius 1 is 0.778 bits per heavy atom. The van der Waals surface area contributed by atoms with Crippen molar-refractivity contribution in [3.05, 3.63) is 119 Å². The summed E-state index contributed by atoms with van der Waals surface area (Å²) in [4.78, 5) is 29.4. The third kappa shape index (κ3) is 8.02. The summed E-state index contributed by atoms with van der Waals surface area (Å²) in [5, 5.41) is 2.70. The number of rotatable bonds is 13. The molecule has 4 aromatic rings. The van der Waals surface area contributed by atoms with Crippen LogP contribution in [0.25, 0.3) is 0 Å². The zero-order chi connectivity index (χ0) is 32.6. The highest BCUT2D eigenvalue weighted by atomic mass is 32.2. The van der Waals surface area contributed by atoms with Crippen LogP contribution in [-0.4, -0.2) is 59.0 Å². The van der Waals surface area contributed by atoms with Gasteiger partial charge in [-0.05, 0) is 49.2 Å². The number of benzene rings is 4. The molecule has 236 valence electrons. The predicted octanol–water partition coefficient (Wildman–Crippen LogP) is 4.90. The maximum atomic E-state index is 14.5. The number of methoxy groups -OCH3 is 2. The zero-order valence-corrected chi connectivity index (χ0v) is 27.0. The van der Waals surface area contributed by atoms with Crippen molar-refractivity contribution in [3.8, 4) is 11.5 Å². The molecule has 0 bridgehead atoms. The zero-order valence-electron chi connectivity index (χ0n) is 26.2. The van der Waals surface area contributed by atoms with Crippen LogP contribution in [0.3, 0.4) is 0 Å². The summed E-state index contributed by atoms with van der Waals surface area (Å²) in [7, 11) is 0.210. The summed E-state index contributed by atoms with van der Waals surface area (Å²) < 4.78 is 40.3. The Labute approximate surface area is 265 Å². The van der Waals surface area contributed by atoms with E-state index in [0.29, 0.717) is 11.5 Å². The fourth-order valence-electron chi connectivity index (χ4n) is 5.07. The molecule has 4 aromatic carbocycles. The summed E-state index contributed by atoms with van der Waals surface area (Å²) in [5.41, 5.74) is 3.76. The lowest BCUT2D eigenvalue weighted by molar-refractivity contribution is -0.139. The fraction of sp³-hybridized carbons (Fsp3) is 0.257. The van der Waals surface area contributed by atoms with Crippen molar-refractivity contribution in [2.24, 2.45) is 0 Å². The maximum Gasteiger partial charge on any atom is 0.264 e. The minimum Gasteiger partial charge on any atom is -0.493 e. The smallest absolute Gasteiger partial charge is 0.264 e. The van der Waals surface area contributed by atoms with Gasteiger partial charge in [-0.25, -0.2) is 8.42 Å². The molecule has 0 fully saturated rings. The molecule has 0 aromatic heterocycles. The van der Waals surface area contributed by atoms with Crippen molar-refractivity contribution < 1.29 is 27.5 Å². The second kappa shape index (κ2) is 14.8. The number of carbonyl (C=O) groups is 2. The molecule has 0 radical (unpaired) electrons. The summed E-state index contributed by atoms with van der Waals surface area (Å²) in [5.74, 6) is -0.204. The topological polar surface area (TPSA) is 105 Å². The number of sulfonamides is 1. The molecule has 1 atom stereocenters. The van der Waals surface area contributed by atoms with Gasteiger partial charge in [0.2, 0.25) is 11.8 Å². The van der Waals surface area contributed by atoms with Crippen LogP contribution in [0.15, 0.2) is 102 Å². The SMILES string of the molecule is CNC(=O)C(Cc1ccccc1)N(Cc1cccc(C)c1)C(=O)CN(c1ccc(OC)c(OC)c1)S(=O)(=O)c1ccc(C)cc1. The van der Waals surface area contributed by atoms with Gasteiger partial charge in [0, 0.05) is 26.1 Å². The summed E-state index contributed by atoms with van der Waals surface area (Å²) in [6.45, 7) is 3.33. The number of hydrogen-bond acceptors (Lipinski definition) is 6. The first-order chi connectivity index (χ1) is 21.6. The van der Waals surface area contributed by atoms with Crippen LogP contribution < -0.4 is 19.1 Å². The van der Waals surface area contributed by atoms with E-state index in [2.05, 4.69) is 5.32 Å². The van der Waals surface area contributed by atoms with Crippen molar-refractivity contribution in [1.82, 2.24) is 10.2 Å². The lowest BCUT2D eigenvalue weighted by atomic mass is 10.0. The highest BCUT2D eigenvalue weighted by Gasteiger charge is 2.34. The van der Waals surface area contributed by atoms with E-state index < -0.39 is 28.5 Å². The predicted molar refractivity (Wildman–Crippen MR) is 175 cm³/mol. The average molecular weight is 630 g/mol. The monoisotopic (exact) mass is 629 g/mol. The van der Waals surface area contributed by atoms with Crippen molar-refractivity contribution in [2.75, 3.05) is 32.1 Å². The van der Waals surface area contributed by atoms with E-state index in [4.69, 9.17) is 9.47 Å². The molecule has 0 aliphatic rings. The molecule has 0 spiro atoms. The van der Waals surface area contributed by atoms with Crippen molar-refractivity contribution >= 4 is 27.5 Å². The third-order valence-electron chi connectivity index (χ3n) is 7.50. The van der Waals surface area contributed by atoms with Gasteiger partial charge < -0.3 is 19.7 Å². The number of ether oxygens (including phenoxy) is 2. The lowest BCUT2D eigenvalue weighted by Gasteiger charge is -2.33. The Hall–Kier alpha value is -4.83. The van der Waals surface area contributed by atoms with E-state index in [1.807, 2.05) is 68.4 Å². The molecule has 1 unspecified atom stereocenters. The molecule has 2 amide bonds. The first-order valence-electron chi connectivity index (χ1n) is 14.5. The number of nitrogens with one attached hydrogen (secondary N) is 1. The highest BCUT2D eigenvalue weighted by molar-refractivity contribution is 7.92. The molecular weight excluding hydrogens is 590 g/mol. The summed E-state index contributed by atoms with van der Waals surface area (Å²) >= 11 is 0. The fourth-order valence-corrected chi connectivity index (χ4v) is 6.48. The highest BCUT2D eigenvalue weighted by Crippen LogP contribution is 2.34. The van der Waals surface area contributed by atoms with E-state index in [0.717, 1.165) is 26.6 Å². The lowest BCUT2D eigenvalue weighted by Crippen LogP contribution is -2.53. The first kappa shape index (κ1) is 33.1. The number of amides is 2. The van der Waals surface area contributed by atoms with Crippen LogP contribution in [0.1, 0.15) is 22.3 Å². The van der Waals surface area contributed by atoms with Crippen LogP contribution in [0.2, 0.25) is 0 Å². The van der Waals surface area contributed by atoms with Crippen molar-refractivity contribution in [2.45, 2.75) is 37.8 Å². The van der Waals surface area contributed by atoms with Gasteiger partial charge in [0.15, 0.2) is 11.5 Å². The molecule has 4 rings (SSSR count). The Morgan fingerprint density at radius 3 is 2.07 bits per heavy atom. The summed E-state index contributed by atoms with van der Waals surface area (Å²) in [6.07, 6.45) is 0.235. The molecule has 9 nitrogen and oxygen atoms in total. The van der Waals surface area contributed by atoms with Crippen molar-refractivity contribution in [3.63, 3.8) is 0 Å². The van der Waals surface area contributed by atoms with E-state index in [1.165, 1.54) is 44.4 Å². The van der Waals surface area contributed by atoms with E-state index in [1.54, 1.807) is 24.3 Å². The molecular formula is C35H39N3O6S. The van der Waals surface area contributed by atoms with Crippen LogP contribution in [0, 0.1) is 13.8 Å².